The summed E-state index contributed by atoms with van der Waals surface area (Å²) in [6.07, 6.45) is 0.578. The molecule has 3 heterocycles. The lowest BCUT2D eigenvalue weighted by atomic mass is 9.85. The molecule has 8 atom stereocenters. The van der Waals surface area contributed by atoms with E-state index >= 15 is 0 Å². The van der Waals surface area contributed by atoms with Crippen molar-refractivity contribution < 1.29 is 34.4 Å². The zero-order valence-corrected chi connectivity index (χ0v) is 19.5. The van der Waals surface area contributed by atoms with Gasteiger partial charge in [0.2, 0.25) is 11.7 Å². The van der Waals surface area contributed by atoms with Crippen molar-refractivity contribution in [2.24, 2.45) is 18.9 Å². The topological polar surface area (TPSA) is 146 Å². The number of hydrogen-bond acceptors (Lipinski definition) is 8. The predicted molar refractivity (Wildman–Crippen MR) is 118 cm³/mol. The highest BCUT2D eigenvalue weighted by molar-refractivity contribution is 5.99. The summed E-state index contributed by atoms with van der Waals surface area (Å²) in [4.78, 5) is 24.2. The van der Waals surface area contributed by atoms with Gasteiger partial charge in [0, 0.05) is 31.2 Å². The Kier molecular flexibility index (Phi) is 8.41. The normalized spacial score (nSPS) is 31.7. The van der Waals surface area contributed by atoms with Gasteiger partial charge in [-0.3, -0.25) is 14.3 Å². The van der Waals surface area contributed by atoms with Crippen LogP contribution in [0, 0.1) is 11.8 Å². The zero-order chi connectivity index (χ0) is 24.3. The summed E-state index contributed by atoms with van der Waals surface area (Å²) in [6.45, 7) is 5.49. The number of carbonyl (C=O) groups excluding carboxylic acids is 2. The third kappa shape index (κ3) is 6.70. The molecule has 1 amide bonds. The number of ether oxygens (including phenoxy) is 2. The highest BCUT2D eigenvalue weighted by Gasteiger charge is 2.48. The minimum Gasteiger partial charge on any atom is -0.393 e. The van der Waals surface area contributed by atoms with Crippen LogP contribution < -0.4 is 5.32 Å². The number of hydrogen-bond donors (Lipinski definition) is 4. The van der Waals surface area contributed by atoms with Crippen molar-refractivity contribution in [1.82, 2.24) is 15.1 Å². The molecule has 0 unspecified atom stereocenters. The van der Waals surface area contributed by atoms with E-state index in [9.17, 15) is 24.9 Å². The molecule has 2 saturated heterocycles. The Morgan fingerprint density at radius 3 is 2.67 bits per heavy atom. The maximum Gasteiger partial charge on any atom is 0.244 e. The Labute approximate surface area is 193 Å². The number of aromatic nitrogens is 2. The first-order chi connectivity index (χ1) is 15.6. The molecular formula is C23H35N3O7. The van der Waals surface area contributed by atoms with Crippen molar-refractivity contribution in [2.75, 3.05) is 13.2 Å². The molecule has 3 rings (SSSR count). The van der Waals surface area contributed by atoms with E-state index in [1.165, 1.54) is 10.8 Å². The molecule has 0 bridgehead atoms. The van der Waals surface area contributed by atoms with Gasteiger partial charge in [-0.05, 0) is 32.8 Å². The fraction of sp³-hybridized carbons (Fsp3) is 0.696. The van der Waals surface area contributed by atoms with Crippen LogP contribution in [0.25, 0.3) is 0 Å². The van der Waals surface area contributed by atoms with Crippen LogP contribution >= 0.6 is 0 Å². The lowest BCUT2D eigenvalue weighted by Gasteiger charge is -2.38. The number of aryl methyl sites for hydroxylation is 1. The van der Waals surface area contributed by atoms with Crippen molar-refractivity contribution in [1.29, 1.82) is 0 Å². The van der Waals surface area contributed by atoms with E-state index < -0.39 is 30.3 Å². The molecule has 33 heavy (non-hydrogen) atoms. The van der Waals surface area contributed by atoms with Crippen LogP contribution in [-0.2, 0) is 21.3 Å². The number of nitrogens with zero attached hydrogens (tertiary/aromatic N) is 2. The Bertz CT molecular complexity index is 868. The summed E-state index contributed by atoms with van der Waals surface area (Å²) >= 11 is 0. The molecular weight excluding hydrogens is 430 g/mol. The SMILES string of the molecule is C/C(=C\C(=O)NCC(=O)c1ccn(C)n1)C[C@@H]1OC[C@H](C[C@@H]2O[C@H]2[C@@H](C)[C@H](C)O)[C@@H](O)[C@H]1O. The van der Waals surface area contributed by atoms with Crippen molar-refractivity contribution >= 4 is 11.7 Å². The maximum atomic E-state index is 12.1. The molecule has 0 spiro atoms. The third-order valence-corrected chi connectivity index (χ3v) is 6.50. The highest BCUT2D eigenvalue weighted by Crippen LogP contribution is 2.38. The van der Waals surface area contributed by atoms with Gasteiger partial charge < -0.3 is 30.1 Å². The Hall–Kier alpha value is -2.11. The summed E-state index contributed by atoms with van der Waals surface area (Å²) in [6, 6.07) is 1.58. The van der Waals surface area contributed by atoms with Crippen molar-refractivity contribution in [3.63, 3.8) is 0 Å². The van der Waals surface area contributed by atoms with E-state index in [2.05, 4.69) is 10.4 Å². The van der Waals surface area contributed by atoms with Gasteiger partial charge in [-0.2, -0.15) is 5.10 Å². The summed E-state index contributed by atoms with van der Waals surface area (Å²) < 4.78 is 13.0. The number of epoxide rings is 1. The molecule has 184 valence electrons. The Balaban J connectivity index is 1.43. The fourth-order valence-electron chi connectivity index (χ4n) is 4.18. The van der Waals surface area contributed by atoms with E-state index in [-0.39, 0.29) is 55.1 Å². The van der Waals surface area contributed by atoms with Crippen LogP contribution in [0.1, 0.15) is 44.1 Å². The number of ketones is 1. The summed E-state index contributed by atoms with van der Waals surface area (Å²) in [7, 11) is 1.71. The number of aliphatic hydroxyl groups excluding tert-OH is 3. The minimum atomic E-state index is -1.09. The fourth-order valence-corrected chi connectivity index (χ4v) is 4.18. The average molecular weight is 466 g/mol. The van der Waals surface area contributed by atoms with E-state index in [0.29, 0.717) is 12.0 Å². The predicted octanol–water partition coefficient (Wildman–Crippen LogP) is -0.0334. The van der Waals surface area contributed by atoms with Crippen LogP contribution in [-0.4, -0.2) is 86.6 Å². The number of carbonyl (C=O) groups is 2. The van der Waals surface area contributed by atoms with E-state index in [1.807, 2.05) is 6.92 Å². The number of nitrogens with one attached hydrogen (secondary N) is 1. The van der Waals surface area contributed by atoms with Crippen molar-refractivity contribution in [3.05, 3.63) is 29.6 Å². The first kappa shape index (κ1) is 25.5. The Morgan fingerprint density at radius 2 is 2.03 bits per heavy atom. The molecule has 1 aromatic heterocycles. The van der Waals surface area contributed by atoms with Gasteiger partial charge in [-0.15, -0.1) is 0 Å². The molecule has 2 aliphatic heterocycles. The third-order valence-electron chi connectivity index (χ3n) is 6.50. The number of rotatable bonds is 10. The van der Waals surface area contributed by atoms with Crippen molar-refractivity contribution in [2.45, 2.75) is 70.2 Å². The van der Waals surface area contributed by atoms with Gasteiger partial charge in [0.05, 0.1) is 43.7 Å². The average Bonchev–Trinajstić information content (AvgIpc) is 3.39. The van der Waals surface area contributed by atoms with Gasteiger partial charge in [-0.1, -0.05) is 12.5 Å². The van der Waals surface area contributed by atoms with Crippen molar-refractivity contribution in [3.8, 4) is 0 Å². The largest absolute Gasteiger partial charge is 0.393 e. The van der Waals surface area contributed by atoms with Crippen LogP contribution in [0.3, 0.4) is 0 Å². The molecule has 2 fully saturated rings. The quantitative estimate of drug-likeness (QED) is 0.214. The smallest absolute Gasteiger partial charge is 0.244 e. The van der Waals surface area contributed by atoms with E-state index in [0.717, 1.165) is 0 Å². The van der Waals surface area contributed by atoms with Crippen LogP contribution in [0.4, 0.5) is 0 Å². The second-order valence-corrected chi connectivity index (χ2v) is 9.30. The molecule has 0 saturated carbocycles. The molecule has 1 aromatic rings. The van der Waals surface area contributed by atoms with Crippen LogP contribution in [0.5, 0.6) is 0 Å². The standard InChI is InChI=1S/C23H35N3O7/c1-12(8-20(29)24-10-17(28)16-5-6-26(4)25-16)7-18-22(31)21(30)15(11-32-18)9-19-23(33-19)13(2)14(3)27/h5-6,8,13-15,18-19,21-23,27,30-31H,7,9-11H2,1-4H3,(H,24,29)/b12-8+/t13-,14-,15-,18-,19-,21+,22-,23-/m0/s1. The maximum absolute atomic E-state index is 12.1. The molecule has 2 aliphatic rings. The van der Waals surface area contributed by atoms with Crippen LogP contribution in [0.2, 0.25) is 0 Å². The molecule has 4 N–H and O–H groups in total. The van der Waals surface area contributed by atoms with Crippen LogP contribution in [0.15, 0.2) is 23.9 Å². The lowest BCUT2D eigenvalue weighted by Crippen LogP contribution is -2.50. The molecule has 0 radical (unpaired) electrons. The van der Waals surface area contributed by atoms with E-state index in [4.69, 9.17) is 9.47 Å². The number of amides is 1. The number of aliphatic hydroxyl groups is 3. The second-order valence-electron chi connectivity index (χ2n) is 9.30. The molecule has 0 aliphatic carbocycles. The lowest BCUT2D eigenvalue weighted by molar-refractivity contribution is -0.165. The first-order valence-corrected chi connectivity index (χ1v) is 11.4. The van der Waals surface area contributed by atoms with Gasteiger partial charge in [0.15, 0.2) is 0 Å². The first-order valence-electron chi connectivity index (χ1n) is 11.4. The summed E-state index contributed by atoms with van der Waals surface area (Å²) in [5.74, 6) is -0.977. The minimum absolute atomic E-state index is 0.00695. The second kappa shape index (κ2) is 10.9. The Morgan fingerprint density at radius 1 is 1.30 bits per heavy atom. The highest BCUT2D eigenvalue weighted by atomic mass is 16.6. The van der Waals surface area contributed by atoms with Gasteiger partial charge >= 0.3 is 0 Å². The molecule has 10 heteroatoms. The summed E-state index contributed by atoms with van der Waals surface area (Å²) in [5.41, 5.74) is 0.938. The molecule has 0 aromatic carbocycles. The van der Waals surface area contributed by atoms with Gasteiger partial charge in [0.1, 0.15) is 11.8 Å². The van der Waals surface area contributed by atoms with Gasteiger partial charge in [0.25, 0.3) is 0 Å². The molecule has 10 nitrogen and oxygen atoms in total. The van der Waals surface area contributed by atoms with Gasteiger partial charge in [-0.25, -0.2) is 0 Å². The summed E-state index contributed by atoms with van der Waals surface area (Å²) in [5, 5.41) is 37.4. The monoisotopic (exact) mass is 465 g/mol. The number of Topliss-reactive ketones (excluding diaryl/α,β-unsaturated/α-hetero) is 1. The van der Waals surface area contributed by atoms with E-state index in [1.54, 1.807) is 33.2 Å². The zero-order valence-electron chi connectivity index (χ0n) is 19.5.